The molecule has 2 aromatic carbocycles. The van der Waals surface area contributed by atoms with Crippen molar-refractivity contribution in [2.24, 2.45) is 12.1 Å². The van der Waals surface area contributed by atoms with E-state index < -0.39 is 17.4 Å². The number of benzene rings is 2. The van der Waals surface area contributed by atoms with Crippen molar-refractivity contribution in [3.63, 3.8) is 0 Å². The van der Waals surface area contributed by atoms with Crippen molar-refractivity contribution in [1.82, 2.24) is 19.1 Å². The van der Waals surface area contributed by atoms with Crippen molar-refractivity contribution in [1.29, 1.82) is 0 Å². The van der Waals surface area contributed by atoms with E-state index in [-0.39, 0.29) is 30.3 Å². The summed E-state index contributed by atoms with van der Waals surface area (Å²) in [5.41, 5.74) is 3.64. The molecule has 0 unspecified atom stereocenters. The summed E-state index contributed by atoms with van der Waals surface area (Å²) in [7, 11) is 1.51. The van der Waals surface area contributed by atoms with E-state index in [1.807, 2.05) is 61.5 Å². The number of aryl methyl sites for hydroxylation is 1. The molecule has 3 N–H and O–H groups in total. The maximum absolute atomic E-state index is 12.7. The van der Waals surface area contributed by atoms with Crippen LogP contribution in [0.5, 0.6) is 5.75 Å². The Labute approximate surface area is 214 Å². The molecule has 0 aliphatic heterocycles. The highest BCUT2D eigenvalue weighted by molar-refractivity contribution is 9.10. The second-order valence-electron chi connectivity index (χ2n) is 8.06. The average Bonchev–Trinajstić information content (AvgIpc) is 3.23. The fraction of sp³-hybridized carbons (Fsp3) is 0.200. The first-order chi connectivity index (χ1) is 17.3. The number of aromatic nitrogens is 4. The smallest absolute Gasteiger partial charge is 0.329 e. The molecule has 2 aromatic heterocycles. The summed E-state index contributed by atoms with van der Waals surface area (Å²) in [5.74, 6) is 0.795. The van der Waals surface area contributed by atoms with Crippen molar-refractivity contribution in [2.75, 3.05) is 12.0 Å². The molecule has 11 heteroatoms. The summed E-state index contributed by atoms with van der Waals surface area (Å²) in [6.45, 7) is 1.76. The third-order valence-electron chi connectivity index (χ3n) is 5.31. The van der Waals surface area contributed by atoms with Crippen LogP contribution >= 0.6 is 15.9 Å². The number of rotatable bonds is 9. The van der Waals surface area contributed by atoms with E-state index in [4.69, 9.17) is 4.74 Å². The van der Waals surface area contributed by atoms with Crippen LogP contribution in [0.1, 0.15) is 12.5 Å². The Hall–Kier alpha value is -3.96. The highest BCUT2D eigenvalue weighted by Crippen LogP contribution is 2.18. The first-order valence-corrected chi connectivity index (χ1v) is 11.9. The molecule has 0 fully saturated rings. The Kier molecular flexibility index (Phi) is 7.81. The normalized spacial score (nSPS) is 12.8. The number of aliphatic hydroxyl groups is 1. The topological polar surface area (TPSA) is 127 Å². The lowest BCUT2D eigenvalue weighted by Gasteiger charge is -2.15. The lowest BCUT2D eigenvalue weighted by molar-refractivity contribution is 0.0938. The summed E-state index contributed by atoms with van der Waals surface area (Å²) >= 11 is 3.37. The zero-order chi connectivity index (χ0) is 25.7. The lowest BCUT2D eigenvalue weighted by atomic mass is 10.2. The van der Waals surface area contributed by atoms with Gasteiger partial charge in [0.25, 0.3) is 5.56 Å². The van der Waals surface area contributed by atoms with Gasteiger partial charge >= 0.3 is 5.69 Å². The number of ether oxygens (including phenoxy) is 1. The van der Waals surface area contributed by atoms with Crippen LogP contribution < -0.4 is 21.4 Å². The first-order valence-electron chi connectivity index (χ1n) is 11.1. The quantitative estimate of drug-likeness (QED) is 0.216. The predicted molar refractivity (Wildman–Crippen MR) is 143 cm³/mol. The Bertz CT molecular complexity index is 1520. The van der Waals surface area contributed by atoms with E-state index in [1.165, 1.54) is 16.2 Å². The van der Waals surface area contributed by atoms with Crippen molar-refractivity contribution in [3.8, 4) is 5.75 Å². The van der Waals surface area contributed by atoms with E-state index in [1.54, 1.807) is 12.1 Å². The largest absolute Gasteiger partial charge is 0.491 e. The van der Waals surface area contributed by atoms with Crippen LogP contribution in [0.15, 0.2) is 79.8 Å². The molecule has 1 atom stereocenters. The minimum absolute atomic E-state index is 0.0213. The highest BCUT2D eigenvalue weighted by Gasteiger charge is 2.20. The number of halogens is 1. The molecular weight excluding hydrogens is 528 g/mol. The van der Waals surface area contributed by atoms with Crippen molar-refractivity contribution in [3.05, 3.63) is 91.5 Å². The highest BCUT2D eigenvalue weighted by atomic mass is 79.9. The van der Waals surface area contributed by atoms with Gasteiger partial charge in [0.1, 0.15) is 18.5 Å². The van der Waals surface area contributed by atoms with Gasteiger partial charge < -0.3 is 14.4 Å². The van der Waals surface area contributed by atoms with E-state index >= 15 is 0 Å². The molecule has 10 nitrogen and oxygen atoms in total. The van der Waals surface area contributed by atoms with Crippen molar-refractivity contribution in [2.45, 2.75) is 19.6 Å². The number of hydrogen-bond acceptors (Lipinski definition) is 7. The molecular formula is C25H25BrN6O4. The molecule has 0 saturated carbocycles. The van der Waals surface area contributed by atoms with Crippen LogP contribution in [-0.4, -0.2) is 42.6 Å². The molecule has 2 heterocycles. The Morgan fingerprint density at radius 1 is 1.22 bits per heavy atom. The second-order valence-corrected chi connectivity index (χ2v) is 8.98. The molecule has 4 aromatic rings. The number of aromatic amines is 1. The molecule has 0 saturated heterocycles. The van der Waals surface area contributed by atoms with Gasteiger partial charge in [-0.2, -0.15) is 10.1 Å². The molecule has 0 aliphatic carbocycles. The molecule has 0 spiro atoms. The van der Waals surface area contributed by atoms with Crippen molar-refractivity contribution < 1.29 is 9.84 Å². The monoisotopic (exact) mass is 552 g/mol. The van der Waals surface area contributed by atoms with Gasteiger partial charge in [-0.1, -0.05) is 52.3 Å². The summed E-state index contributed by atoms with van der Waals surface area (Å²) in [6, 6.07) is 17.0. The molecule has 36 heavy (non-hydrogen) atoms. The fourth-order valence-electron chi connectivity index (χ4n) is 3.44. The zero-order valence-electron chi connectivity index (χ0n) is 19.7. The molecule has 0 amide bonds. The van der Waals surface area contributed by atoms with Crippen LogP contribution in [0.25, 0.3) is 17.2 Å². The number of allylic oxidation sites excluding steroid dienone is 1. The molecule has 0 aliphatic rings. The number of nitrogens with zero attached hydrogens (tertiary/aromatic N) is 4. The summed E-state index contributed by atoms with van der Waals surface area (Å²) in [5, 5.41) is 15.0. The van der Waals surface area contributed by atoms with Gasteiger partial charge in [-0.3, -0.25) is 14.3 Å². The van der Waals surface area contributed by atoms with Gasteiger partial charge in [0.2, 0.25) is 5.95 Å². The third-order valence-corrected chi connectivity index (χ3v) is 5.83. The van der Waals surface area contributed by atoms with Gasteiger partial charge in [-0.25, -0.2) is 10.2 Å². The summed E-state index contributed by atoms with van der Waals surface area (Å²) in [6.07, 6.45) is 2.77. The van der Waals surface area contributed by atoms with Gasteiger partial charge in [-0.15, -0.1) is 0 Å². The Morgan fingerprint density at radius 2 is 1.94 bits per heavy atom. The third kappa shape index (κ3) is 5.99. The van der Waals surface area contributed by atoms with E-state index in [9.17, 15) is 14.7 Å². The van der Waals surface area contributed by atoms with Crippen LogP contribution in [0.2, 0.25) is 0 Å². The van der Waals surface area contributed by atoms with E-state index in [2.05, 4.69) is 36.4 Å². The molecule has 0 bridgehead atoms. The van der Waals surface area contributed by atoms with Gasteiger partial charge in [0, 0.05) is 11.5 Å². The van der Waals surface area contributed by atoms with Gasteiger partial charge in [-0.05, 0) is 42.8 Å². The number of hydrogen-bond donors (Lipinski definition) is 3. The zero-order valence-corrected chi connectivity index (χ0v) is 21.3. The van der Waals surface area contributed by atoms with Crippen LogP contribution in [0.4, 0.5) is 5.95 Å². The van der Waals surface area contributed by atoms with Crippen LogP contribution in [-0.2, 0) is 13.6 Å². The van der Waals surface area contributed by atoms with Crippen LogP contribution in [0, 0.1) is 0 Å². The van der Waals surface area contributed by atoms with Gasteiger partial charge in [0.15, 0.2) is 11.2 Å². The SMILES string of the molecule is CC(/C=C/c1ccccc1)=N/Nc1nc2c(c(=O)[nH]c(=O)n2C)n1C[C@@H](O)COc1ccc(Br)cc1. The van der Waals surface area contributed by atoms with Crippen LogP contribution in [0.3, 0.4) is 0 Å². The Balaban J connectivity index is 1.59. The molecule has 0 radical (unpaired) electrons. The summed E-state index contributed by atoms with van der Waals surface area (Å²) < 4.78 is 9.30. The number of H-pyrrole nitrogens is 1. The maximum Gasteiger partial charge on any atom is 0.329 e. The number of fused-ring (bicyclic) bond motifs is 1. The standard InChI is InChI=1S/C25H25BrN6O4/c1-16(8-9-17-6-4-3-5-7-17)29-30-24-27-22-21(23(34)28-25(35)31(22)2)32(24)14-19(33)15-36-20-12-10-18(26)11-13-20/h3-13,19,33H,14-15H2,1-2H3,(H,27,30)(H,28,34,35)/b9-8+,29-16-/t19-/m1/s1. The van der Waals surface area contributed by atoms with Gasteiger partial charge in [0.05, 0.1) is 12.3 Å². The molecule has 4 rings (SSSR count). The predicted octanol–water partition coefficient (Wildman–Crippen LogP) is 3.13. The number of anilines is 1. The lowest BCUT2D eigenvalue weighted by Crippen LogP contribution is -2.30. The number of hydrazone groups is 1. The number of aliphatic hydroxyl groups excluding tert-OH is 1. The Morgan fingerprint density at radius 3 is 2.67 bits per heavy atom. The van der Waals surface area contributed by atoms with E-state index in [0.29, 0.717) is 11.5 Å². The second kappa shape index (κ2) is 11.2. The maximum atomic E-state index is 12.7. The average molecular weight is 553 g/mol. The minimum atomic E-state index is -0.980. The molecule has 186 valence electrons. The fourth-order valence-corrected chi connectivity index (χ4v) is 3.71. The minimum Gasteiger partial charge on any atom is -0.491 e. The first kappa shape index (κ1) is 25.1. The van der Waals surface area contributed by atoms with E-state index in [0.717, 1.165) is 10.0 Å². The van der Waals surface area contributed by atoms with Crippen molar-refractivity contribution >= 4 is 44.8 Å². The summed E-state index contributed by atoms with van der Waals surface area (Å²) in [4.78, 5) is 31.4. The number of imidazole rings is 1. The number of nitrogens with one attached hydrogen (secondary N) is 2.